The Morgan fingerprint density at radius 2 is 1.71 bits per heavy atom. The highest BCUT2D eigenvalue weighted by atomic mass is 19.4. The van der Waals surface area contributed by atoms with Crippen molar-refractivity contribution in [2.24, 2.45) is 11.3 Å². The lowest BCUT2D eigenvalue weighted by atomic mass is 9.91. The summed E-state index contributed by atoms with van der Waals surface area (Å²) >= 11 is 0. The van der Waals surface area contributed by atoms with Gasteiger partial charge in [0, 0.05) is 45.3 Å². The van der Waals surface area contributed by atoms with Crippen LogP contribution >= 0.6 is 0 Å². The molecule has 0 bridgehead atoms. The average Bonchev–Trinajstić information content (AvgIpc) is 3.12. The number of halogens is 4. The molecule has 1 aromatic heterocycles. The van der Waals surface area contributed by atoms with Crippen LogP contribution in [0, 0.1) is 17.2 Å². The zero-order valence-corrected chi connectivity index (χ0v) is 21.1. The van der Waals surface area contributed by atoms with Crippen LogP contribution in [0.4, 0.5) is 17.6 Å². The van der Waals surface area contributed by atoms with Crippen molar-refractivity contribution in [1.82, 2.24) is 14.4 Å². The van der Waals surface area contributed by atoms with E-state index in [2.05, 4.69) is 4.90 Å². The van der Waals surface area contributed by atoms with Crippen molar-refractivity contribution in [1.29, 1.82) is 0 Å². The lowest BCUT2D eigenvalue weighted by Gasteiger charge is -2.37. The molecule has 1 fully saturated rings. The molecule has 0 radical (unpaired) electrons. The summed E-state index contributed by atoms with van der Waals surface area (Å²) in [5.41, 5.74) is -0.679. The Morgan fingerprint density at radius 3 is 2.26 bits per heavy atom. The molecule has 9 heteroatoms. The van der Waals surface area contributed by atoms with Gasteiger partial charge >= 0.3 is 6.18 Å². The van der Waals surface area contributed by atoms with Gasteiger partial charge in [0.25, 0.3) is 5.91 Å². The molecule has 3 rings (SSSR count). The Kier molecular flexibility index (Phi) is 8.32. The van der Waals surface area contributed by atoms with Gasteiger partial charge in [0.2, 0.25) is 0 Å². The second kappa shape index (κ2) is 10.7. The molecule has 5 nitrogen and oxygen atoms in total. The lowest BCUT2D eigenvalue weighted by Crippen LogP contribution is -2.46. The Balaban J connectivity index is 2.00. The van der Waals surface area contributed by atoms with Crippen LogP contribution in [0.2, 0.25) is 0 Å². The van der Waals surface area contributed by atoms with Crippen LogP contribution in [0.25, 0.3) is 11.1 Å². The van der Waals surface area contributed by atoms with Crippen LogP contribution in [-0.4, -0.2) is 66.7 Å². The van der Waals surface area contributed by atoms with E-state index in [0.717, 1.165) is 30.3 Å². The van der Waals surface area contributed by atoms with E-state index in [0.29, 0.717) is 25.3 Å². The van der Waals surface area contributed by atoms with E-state index in [1.54, 1.807) is 20.9 Å². The zero-order chi connectivity index (χ0) is 26.0. The summed E-state index contributed by atoms with van der Waals surface area (Å²) < 4.78 is 62.2. The standard InChI is InChI=1S/C26H35F4N3O2/c1-18(2)15-33-22(26(28,29)30)14-21(19-6-8-20(27)9-7-19)23(33)24(34)31(5)16-25(3,4)17-32-10-12-35-13-11-32/h6-9,14,18H,10-13,15-17H2,1-5H3. The highest BCUT2D eigenvalue weighted by molar-refractivity contribution is 6.00. The maximum atomic E-state index is 14.0. The van der Waals surface area contributed by atoms with Gasteiger partial charge < -0.3 is 14.2 Å². The van der Waals surface area contributed by atoms with Crippen molar-refractivity contribution >= 4 is 5.91 Å². The summed E-state index contributed by atoms with van der Waals surface area (Å²) in [4.78, 5) is 17.5. The maximum absolute atomic E-state index is 14.0. The average molecular weight is 498 g/mol. The Morgan fingerprint density at radius 1 is 1.11 bits per heavy atom. The van der Waals surface area contributed by atoms with Crippen LogP contribution in [0.5, 0.6) is 0 Å². The molecule has 0 aliphatic carbocycles. The number of nitrogens with zero attached hydrogens (tertiary/aromatic N) is 3. The number of alkyl halides is 3. The van der Waals surface area contributed by atoms with Crippen LogP contribution in [-0.2, 0) is 17.5 Å². The summed E-state index contributed by atoms with van der Waals surface area (Å²) in [6, 6.07) is 6.19. The minimum absolute atomic E-state index is 0.0256. The molecule has 35 heavy (non-hydrogen) atoms. The third-order valence-electron chi connectivity index (χ3n) is 6.06. The van der Waals surface area contributed by atoms with E-state index in [-0.39, 0.29) is 29.1 Å². The lowest BCUT2D eigenvalue weighted by molar-refractivity contribution is -0.143. The smallest absolute Gasteiger partial charge is 0.379 e. The van der Waals surface area contributed by atoms with Gasteiger partial charge in [-0.2, -0.15) is 13.2 Å². The van der Waals surface area contributed by atoms with Crippen molar-refractivity contribution in [3.05, 3.63) is 47.5 Å². The fourth-order valence-electron chi connectivity index (χ4n) is 4.73. The number of hydrogen-bond donors (Lipinski definition) is 0. The van der Waals surface area contributed by atoms with Gasteiger partial charge in [-0.05, 0) is 35.1 Å². The van der Waals surface area contributed by atoms with E-state index in [1.165, 1.54) is 29.2 Å². The van der Waals surface area contributed by atoms with E-state index >= 15 is 0 Å². The third-order valence-corrected chi connectivity index (χ3v) is 6.06. The SMILES string of the molecule is CC(C)Cn1c(C(F)(F)F)cc(-c2ccc(F)cc2)c1C(=O)N(C)CC(C)(C)CN1CCOCC1. The maximum Gasteiger partial charge on any atom is 0.431 e. The molecular formula is C26H35F4N3O2. The van der Waals surface area contributed by atoms with Gasteiger partial charge in [0.1, 0.15) is 17.2 Å². The molecule has 0 unspecified atom stereocenters. The monoisotopic (exact) mass is 497 g/mol. The number of benzene rings is 1. The van der Waals surface area contributed by atoms with E-state index < -0.39 is 23.6 Å². The van der Waals surface area contributed by atoms with E-state index in [4.69, 9.17) is 4.74 Å². The van der Waals surface area contributed by atoms with Crippen molar-refractivity contribution < 1.29 is 27.1 Å². The first-order valence-electron chi connectivity index (χ1n) is 11.9. The van der Waals surface area contributed by atoms with Crippen molar-refractivity contribution in [3.8, 4) is 11.1 Å². The number of carbonyl (C=O) groups excluding carboxylic acids is 1. The van der Waals surface area contributed by atoms with Crippen LogP contribution < -0.4 is 0 Å². The Bertz CT molecular complexity index is 1010. The quantitative estimate of drug-likeness (QED) is 0.459. The number of rotatable bonds is 8. The zero-order valence-electron chi connectivity index (χ0n) is 21.1. The molecule has 0 N–H and O–H groups in total. The normalized spacial score (nSPS) is 15.6. The van der Waals surface area contributed by atoms with Gasteiger partial charge in [-0.25, -0.2) is 4.39 Å². The summed E-state index contributed by atoms with van der Waals surface area (Å²) in [5.74, 6) is -1.11. The number of carbonyl (C=O) groups is 1. The number of amides is 1. The van der Waals surface area contributed by atoms with Crippen molar-refractivity contribution in [2.45, 2.75) is 40.4 Å². The molecule has 1 saturated heterocycles. The van der Waals surface area contributed by atoms with E-state index in [9.17, 15) is 22.4 Å². The fraction of sp³-hybridized carbons (Fsp3) is 0.577. The van der Waals surface area contributed by atoms with Crippen molar-refractivity contribution in [3.63, 3.8) is 0 Å². The molecule has 1 aliphatic rings. The Labute approximate surface area is 204 Å². The van der Waals surface area contributed by atoms with Crippen molar-refractivity contribution in [2.75, 3.05) is 46.4 Å². The van der Waals surface area contributed by atoms with Gasteiger partial charge in [-0.3, -0.25) is 9.69 Å². The third kappa shape index (κ3) is 6.85. The van der Waals surface area contributed by atoms with Crippen LogP contribution in [0.1, 0.15) is 43.9 Å². The highest BCUT2D eigenvalue weighted by Crippen LogP contribution is 2.38. The number of ether oxygens (including phenoxy) is 1. The molecule has 2 aromatic rings. The molecular weight excluding hydrogens is 462 g/mol. The predicted molar refractivity (Wildman–Crippen MR) is 128 cm³/mol. The summed E-state index contributed by atoms with van der Waals surface area (Å²) in [5, 5.41) is 0. The van der Waals surface area contributed by atoms with Gasteiger partial charge in [0.15, 0.2) is 0 Å². The number of morpholine rings is 1. The minimum atomic E-state index is -4.64. The van der Waals surface area contributed by atoms with Crippen LogP contribution in [0.3, 0.4) is 0 Å². The summed E-state index contributed by atoms with van der Waals surface area (Å²) in [7, 11) is 1.62. The van der Waals surface area contributed by atoms with Gasteiger partial charge in [-0.1, -0.05) is 39.8 Å². The molecule has 0 saturated carbocycles. The molecule has 0 atom stereocenters. The minimum Gasteiger partial charge on any atom is -0.379 e. The van der Waals surface area contributed by atoms with Crippen LogP contribution in [0.15, 0.2) is 30.3 Å². The molecule has 0 spiro atoms. The largest absolute Gasteiger partial charge is 0.431 e. The van der Waals surface area contributed by atoms with Gasteiger partial charge in [0.05, 0.1) is 13.2 Å². The molecule has 1 aliphatic heterocycles. The Hall–Kier alpha value is -2.39. The molecule has 1 amide bonds. The number of aromatic nitrogens is 1. The van der Waals surface area contributed by atoms with Gasteiger partial charge in [-0.15, -0.1) is 0 Å². The first-order chi connectivity index (χ1) is 16.3. The first kappa shape index (κ1) is 27.2. The first-order valence-corrected chi connectivity index (χ1v) is 11.9. The second-order valence-corrected chi connectivity index (χ2v) is 10.5. The van der Waals surface area contributed by atoms with E-state index in [1.807, 2.05) is 13.8 Å². The summed E-state index contributed by atoms with van der Waals surface area (Å²) in [6.45, 7) is 11.8. The topological polar surface area (TPSA) is 37.7 Å². The predicted octanol–water partition coefficient (Wildman–Crippen LogP) is 5.40. The molecule has 1 aromatic carbocycles. The summed E-state index contributed by atoms with van der Waals surface area (Å²) in [6.07, 6.45) is -4.64. The number of hydrogen-bond acceptors (Lipinski definition) is 3. The second-order valence-electron chi connectivity index (χ2n) is 10.5. The fourth-order valence-corrected chi connectivity index (χ4v) is 4.73. The highest BCUT2D eigenvalue weighted by Gasteiger charge is 2.39. The molecule has 2 heterocycles. The molecule has 194 valence electrons.